The normalized spacial score (nSPS) is 16.3. The van der Waals surface area contributed by atoms with E-state index in [0.29, 0.717) is 16.9 Å². The van der Waals surface area contributed by atoms with Crippen LogP contribution in [0.1, 0.15) is 0 Å². The van der Waals surface area contributed by atoms with Gasteiger partial charge in [-0.15, -0.1) is 5.10 Å². The van der Waals surface area contributed by atoms with Crippen LogP contribution in [0.5, 0.6) is 5.88 Å². The Morgan fingerprint density at radius 3 is 2.95 bits per heavy atom. The summed E-state index contributed by atoms with van der Waals surface area (Å²) in [5.74, 6) is 0.186. The van der Waals surface area contributed by atoms with Crippen molar-refractivity contribution in [3.05, 3.63) is 48.4 Å². The van der Waals surface area contributed by atoms with Crippen molar-refractivity contribution in [1.29, 1.82) is 5.41 Å². The lowest BCUT2D eigenvalue weighted by molar-refractivity contribution is 0.197. The molecule has 112 valence electrons. The molecule has 0 spiro atoms. The second kappa shape index (κ2) is 5.82. The molecule has 3 N–H and O–H groups in total. The van der Waals surface area contributed by atoms with Crippen molar-refractivity contribution in [3.63, 3.8) is 0 Å². The maximum Gasteiger partial charge on any atom is 0.260 e. The molecule has 0 saturated heterocycles. The molecule has 1 aliphatic rings. The average molecular weight is 298 g/mol. The van der Waals surface area contributed by atoms with E-state index < -0.39 is 0 Å². The van der Waals surface area contributed by atoms with Crippen LogP contribution >= 0.6 is 0 Å². The Morgan fingerprint density at radius 1 is 1.32 bits per heavy atom. The topological polar surface area (TPSA) is 103 Å². The first-order chi connectivity index (χ1) is 10.7. The molecule has 22 heavy (non-hydrogen) atoms. The summed E-state index contributed by atoms with van der Waals surface area (Å²) < 4.78 is 7.03. The molecule has 0 atom stereocenters. The lowest BCUT2D eigenvalue weighted by Crippen LogP contribution is -2.07. The molecular formula is C15H14N4O3. The number of rotatable bonds is 4. The minimum absolute atomic E-state index is 0.0871. The molecule has 0 aliphatic heterocycles. The fourth-order valence-corrected chi connectivity index (χ4v) is 2.05. The van der Waals surface area contributed by atoms with Crippen LogP contribution in [0, 0.1) is 5.41 Å². The number of pyridine rings is 1. The summed E-state index contributed by atoms with van der Waals surface area (Å²) in [5, 5.41) is 30.6. The number of aliphatic hydroxyl groups excluding tert-OH is 2. The molecule has 7 heteroatoms. The van der Waals surface area contributed by atoms with Gasteiger partial charge in [-0.3, -0.25) is 0 Å². The van der Waals surface area contributed by atoms with E-state index in [2.05, 4.69) is 10.1 Å². The summed E-state index contributed by atoms with van der Waals surface area (Å²) in [6, 6.07) is 5.50. The number of aliphatic imine (C=N–C) groups is 1. The van der Waals surface area contributed by atoms with Crippen molar-refractivity contribution in [1.82, 2.24) is 9.61 Å². The second-order valence-electron chi connectivity index (χ2n) is 4.57. The maximum atomic E-state index is 9.91. The Kier molecular flexibility index (Phi) is 3.71. The highest BCUT2D eigenvalue weighted by Crippen LogP contribution is 2.32. The summed E-state index contributed by atoms with van der Waals surface area (Å²) in [4.78, 5) is 4.40. The van der Waals surface area contributed by atoms with Crippen LogP contribution < -0.4 is 4.74 Å². The Labute approximate surface area is 126 Å². The number of hydrogen-bond acceptors (Lipinski definition) is 6. The Bertz CT molecular complexity index is 817. The first-order valence-electron chi connectivity index (χ1n) is 6.66. The van der Waals surface area contributed by atoms with Gasteiger partial charge < -0.3 is 20.4 Å². The number of nitrogens with one attached hydrogen (secondary N) is 1. The molecule has 2 aromatic rings. The molecule has 7 nitrogen and oxygen atoms in total. The number of ether oxygens (including phenoxy) is 1. The Balaban J connectivity index is 2.10. The first kappa shape index (κ1) is 14.0. The van der Waals surface area contributed by atoms with E-state index in [4.69, 9.17) is 15.3 Å². The molecule has 0 radical (unpaired) electrons. The third-order valence-corrected chi connectivity index (χ3v) is 3.02. The number of aromatic nitrogens is 2. The van der Waals surface area contributed by atoms with Gasteiger partial charge in [-0.05, 0) is 24.3 Å². The van der Waals surface area contributed by atoms with Gasteiger partial charge in [0.15, 0.2) is 5.69 Å². The number of hydrogen-bond donors (Lipinski definition) is 3. The first-order valence-corrected chi connectivity index (χ1v) is 6.66. The summed E-state index contributed by atoms with van der Waals surface area (Å²) in [6.45, 7) is -0.0316. The molecule has 2 heterocycles. The van der Waals surface area contributed by atoms with E-state index in [1.165, 1.54) is 6.08 Å². The highest BCUT2D eigenvalue weighted by molar-refractivity contribution is 6.20. The van der Waals surface area contributed by atoms with Crippen LogP contribution in [-0.4, -0.2) is 44.5 Å². The van der Waals surface area contributed by atoms with Crippen LogP contribution in [0.2, 0.25) is 0 Å². The minimum atomic E-state index is -0.133. The van der Waals surface area contributed by atoms with E-state index in [9.17, 15) is 5.11 Å². The number of nitrogens with zero attached hydrogens (tertiary/aromatic N) is 3. The van der Waals surface area contributed by atoms with Gasteiger partial charge in [0.2, 0.25) is 0 Å². The molecule has 0 saturated carbocycles. The van der Waals surface area contributed by atoms with Gasteiger partial charge in [0.1, 0.15) is 18.1 Å². The van der Waals surface area contributed by atoms with Gasteiger partial charge >= 0.3 is 0 Å². The number of allylic oxidation sites excluding steroid dienone is 3. The molecule has 1 aliphatic carbocycles. The monoisotopic (exact) mass is 298 g/mol. The molecular weight excluding hydrogens is 284 g/mol. The zero-order chi connectivity index (χ0) is 15.5. The molecule has 0 amide bonds. The number of aliphatic hydroxyl groups is 2. The minimum Gasteiger partial charge on any atom is -0.506 e. The van der Waals surface area contributed by atoms with E-state index in [-0.39, 0.29) is 30.6 Å². The third-order valence-electron chi connectivity index (χ3n) is 3.02. The van der Waals surface area contributed by atoms with Crippen molar-refractivity contribution >= 4 is 22.6 Å². The summed E-state index contributed by atoms with van der Waals surface area (Å²) in [5.41, 5.74) is 1.70. The van der Waals surface area contributed by atoms with E-state index in [1.807, 2.05) is 18.2 Å². The fraction of sp³-hybridized carbons (Fsp3) is 0.133. The van der Waals surface area contributed by atoms with Gasteiger partial charge in [0.25, 0.3) is 5.88 Å². The predicted octanol–water partition coefficient (Wildman–Crippen LogP) is 1.81. The smallest absolute Gasteiger partial charge is 0.260 e. The van der Waals surface area contributed by atoms with E-state index >= 15 is 0 Å². The molecule has 2 aromatic heterocycles. The lowest BCUT2D eigenvalue weighted by atomic mass is 10.1. The zero-order valence-electron chi connectivity index (χ0n) is 11.6. The molecule has 3 rings (SSSR count). The highest BCUT2D eigenvalue weighted by Gasteiger charge is 2.16. The van der Waals surface area contributed by atoms with Gasteiger partial charge in [-0.25, -0.2) is 9.51 Å². The van der Waals surface area contributed by atoms with Crippen LogP contribution in [0.25, 0.3) is 5.52 Å². The van der Waals surface area contributed by atoms with Crippen molar-refractivity contribution < 1.29 is 14.9 Å². The number of fused-ring (bicyclic) bond motifs is 1. The van der Waals surface area contributed by atoms with Gasteiger partial charge in [-0.2, -0.15) is 0 Å². The highest BCUT2D eigenvalue weighted by atomic mass is 16.5. The van der Waals surface area contributed by atoms with Crippen molar-refractivity contribution in [2.75, 3.05) is 13.2 Å². The van der Waals surface area contributed by atoms with Crippen molar-refractivity contribution in [3.8, 4) is 5.88 Å². The average Bonchev–Trinajstić information content (AvgIpc) is 2.86. The zero-order valence-corrected chi connectivity index (χ0v) is 11.6. The SMILES string of the molecule is N=C1C=C/C(=N\c2c(OCCO)nn3ccccc23)C(O)=C1. The quantitative estimate of drug-likeness (QED) is 0.749. The van der Waals surface area contributed by atoms with E-state index in [1.54, 1.807) is 22.9 Å². The molecule has 0 unspecified atom stereocenters. The Hall–Kier alpha value is -2.93. The van der Waals surface area contributed by atoms with Gasteiger partial charge in [0.05, 0.1) is 17.8 Å². The van der Waals surface area contributed by atoms with Crippen LogP contribution in [0.3, 0.4) is 0 Å². The Morgan fingerprint density at radius 2 is 2.18 bits per heavy atom. The summed E-state index contributed by atoms with van der Waals surface area (Å²) in [7, 11) is 0. The van der Waals surface area contributed by atoms with Crippen molar-refractivity contribution in [2.24, 2.45) is 4.99 Å². The fourth-order valence-electron chi connectivity index (χ4n) is 2.05. The van der Waals surface area contributed by atoms with Crippen LogP contribution in [0.15, 0.2) is 53.4 Å². The summed E-state index contributed by atoms with van der Waals surface area (Å²) >= 11 is 0. The second-order valence-corrected chi connectivity index (χ2v) is 4.57. The predicted molar refractivity (Wildman–Crippen MR) is 82.4 cm³/mol. The van der Waals surface area contributed by atoms with Crippen LogP contribution in [0.4, 0.5) is 5.69 Å². The molecule has 0 aromatic carbocycles. The summed E-state index contributed by atoms with van der Waals surface area (Å²) in [6.07, 6.45) is 6.17. The van der Waals surface area contributed by atoms with Gasteiger partial charge in [0, 0.05) is 12.3 Å². The van der Waals surface area contributed by atoms with Crippen LogP contribution in [-0.2, 0) is 0 Å². The maximum absolute atomic E-state index is 9.91. The third kappa shape index (κ3) is 2.61. The molecule has 0 bridgehead atoms. The lowest BCUT2D eigenvalue weighted by Gasteiger charge is -2.06. The van der Waals surface area contributed by atoms with Crippen molar-refractivity contribution in [2.45, 2.75) is 0 Å². The largest absolute Gasteiger partial charge is 0.506 e. The molecule has 0 fully saturated rings. The standard InChI is InChI=1S/C15H14N4O3/c16-10-4-5-11(13(21)9-10)17-14-12-3-1-2-6-19(12)18-15(14)22-8-7-20/h1-6,9,16,20-21H,7-8H2/b16-10?,17-11+. The van der Waals surface area contributed by atoms with Gasteiger partial charge in [-0.1, -0.05) is 6.07 Å². The van der Waals surface area contributed by atoms with E-state index in [0.717, 1.165) is 0 Å².